The Bertz CT molecular complexity index is 1050. The van der Waals surface area contributed by atoms with Crippen LogP contribution < -0.4 is 0 Å². The van der Waals surface area contributed by atoms with Crippen LogP contribution in [0, 0.1) is 3.57 Å². The molecule has 1 unspecified atom stereocenters. The molecule has 4 aromatic rings. The lowest BCUT2D eigenvalue weighted by Gasteiger charge is -2.11. The third kappa shape index (κ3) is 3.39. The van der Waals surface area contributed by atoms with Crippen LogP contribution in [0.5, 0.6) is 0 Å². The first-order chi connectivity index (χ1) is 12.6. The predicted octanol–water partition coefficient (Wildman–Crippen LogP) is 5.20. The Kier molecular flexibility index (Phi) is 5.03. The van der Waals surface area contributed by atoms with Crippen molar-refractivity contribution < 1.29 is 9.63 Å². The minimum atomic E-state index is -0.980. The molecule has 0 spiro atoms. The largest absolute Gasteiger partial charge is 0.383 e. The highest BCUT2D eigenvalue weighted by molar-refractivity contribution is 14.1. The molecule has 0 amide bonds. The smallest absolute Gasteiger partial charge is 0.173 e. The Morgan fingerprint density at radius 1 is 1.15 bits per heavy atom. The van der Waals surface area contributed by atoms with Crippen LogP contribution in [-0.4, -0.2) is 20.2 Å². The number of aliphatic hydroxyl groups excluding tert-OH is 1. The van der Waals surface area contributed by atoms with Gasteiger partial charge in [-0.3, -0.25) is 0 Å². The van der Waals surface area contributed by atoms with Gasteiger partial charge in [0.05, 0.1) is 14.8 Å². The third-order valence-corrected chi connectivity index (χ3v) is 5.70. The van der Waals surface area contributed by atoms with Gasteiger partial charge in [-0.25, -0.2) is 9.97 Å². The number of halogens is 2. The second-order valence-corrected chi connectivity index (χ2v) is 8.42. The van der Waals surface area contributed by atoms with Gasteiger partial charge >= 0.3 is 0 Å². The fourth-order valence-corrected chi connectivity index (χ4v) is 4.21. The van der Waals surface area contributed by atoms with E-state index < -0.39 is 6.10 Å². The highest BCUT2D eigenvalue weighted by Crippen LogP contribution is 2.41. The van der Waals surface area contributed by atoms with Gasteiger partial charge in [0.1, 0.15) is 18.1 Å². The molecular weight excluding hydrogens is 485 g/mol. The van der Waals surface area contributed by atoms with E-state index in [0.717, 1.165) is 14.0 Å². The summed E-state index contributed by atoms with van der Waals surface area (Å²) in [7, 11) is 0. The zero-order valence-electron chi connectivity index (χ0n) is 13.1. The van der Waals surface area contributed by atoms with Crippen molar-refractivity contribution in [2.45, 2.75) is 6.10 Å². The van der Waals surface area contributed by atoms with Crippen LogP contribution in [0.25, 0.3) is 21.9 Å². The summed E-state index contributed by atoms with van der Waals surface area (Å²) >= 11 is 9.69. The van der Waals surface area contributed by atoms with Gasteiger partial charge in [-0.1, -0.05) is 28.9 Å². The standard InChI is InChI=1S/C18H11ClIN3O2S/c19-14-5-4-13(26-14)16-15(17(24)11-7-21-9-22-8-11)18(25-23-16)10-2-1-3-12(20)6-10/h1-9,17,24H. The van der Waals surface area contributed by atoms with Crippen molar-refractivity contribution in [1.29, 1.82) is 0 Å². The zero-order chi connectivity index (χ0) is 18.1. The number of thiophene rings is 1. The van der Waals surface area contributed by atoms with Crippen molar-refractivity contribution >= 4 is 45.5 Å². The fourth-order valence-electron chi connectivity index (χ4n) is 2.63. The molecule has 0 aliphatic carbocycles. The van der Waals surface area contributed by atoms with E-state index in [0.29, 0.717) is 26.9 Å². The Hall–Kier alpha value is -1.81. The van der Waals surface area contributed by atoms with Gasteiger partial charge in [0.15, 0.2) is 5.76 Å². The SMILES string of the molecule is OC(c1cncnc1)c1c(-c2ccc(Cl)s2)noc1-c1cccc(I)c1. The lowest BCUT2D eigenvalue weighted by Crippen LogP contribution is -2.03. The number of hydrogen-bond donors (Lipinski definition) is 1. The van der Waals surface area contributed by atoms with Gasteiger partial charge in [0.2, 0.25) is 0 Å². The van der Waals surface area contributed by atoms with Gasteiger partial charge in [0, 0.05) is 27.1 Å². The van der Waals surface area contributed by atoms with E-state index in [9.17, 15) is 5.11 Å². The summed E-state index contributed by atoms with van der Waals surface area (Å²) in [6.45, 7) is 0. The van der Waals surface area contributed by atoms with Crippen LogP contribution in [0.4, 0.5) is 0 Å². The summed E-state index contributed by atoms with van der Waals surface area (Å²) in [4.78, 5) is 8.81. The monoisotopic (exact) mass is 495 g/mol. The maximum atomic E-state index is 11.0. The van der Waals surface area contributed by atoms with Gasteiger partial charge in [-0.2, -0.15) is 0 Å². The van der Waals surface area contributed by atoms with Crippen molar-refractivity contribution in [3.63, 3.8) is 0 Å². The second kappa shape index (κ2) is 7.43. The Labute approximate surface area is 171 Å². The molecule has 0 fully saturated rings. The number of nitrogens with zero attached hydrogens (tertiary/aromatic N) is 3. The van der Waals surface area contributed by atoms with E-state index in [1.807, 2.05) is 30.3 Å². The number of aliphatic hydroxyl groups is 1. The van der Waals surface area contributed by atoms with Gasteiger partial charge < -0.3 is 9.63 Å². The molecule has 3 aromatic heterocycles. The first-order valence-corrected chi connectivity index (χ1v) is 9.85. The normalized spacial score (nSPS) is 12.3. The van der Waals surface area contributed by atoms with Gasteiger partial charge in [-0.15, -0.1) is 11.3 Å². The van der Waals surface area contributed by atoms with E-state index in [-0.39, 0.29) is 0 Å². The summed E-state index contributed by atoms with van der Waals surface area (Å²) in [5, 5.41) is 15.3. The van der Waals surface area contributed by atoms with Gasteiger partial charge in [0.25, 0.3) is 0 Å². The molecule has 4 rings (SSSR count). The van der Waals surface area contributed by atoms with Gasteiger partial charge in [-0.05, 0) is 46.9 Å². The molecule has 5 nitrogen and oxygen atoms in total. The molecule has 3 heterocycles. The number of hydrogen-bond acceptors (Lipinski definition) is 6. The average molecular weight is 496 g/mol. The van der Waals surface area contributed by atoms with Crippen LogP contribution in [0.1, 0.15) is 17.2 Å². The summed E-state index contributed by atoms with van der Waals surface area (Å²) in [6.07, 6.45) is 3.60. The highest BCUT2D eigenvalue weighted by Gasteiger charge is 2.27. The van der Waals surface area contributed by atoms with Crippen LogP contribution in [0.2, 0.25) is 4.34 Å². The molecule has 0 aliphatic heterocycles. The fraction of sp³-hybridized carbons (Fsp3) is 0.0556. The average Bonchev–Trinajstić information content (AvgIpc) is 3.28. The number of aromatic nitrogens is 3. The van der Waals surface area contributed by atoms with E-state index in [1.165, 1.54) is 17.7 Å². The highest BCUT2D eigenvalue weighted by atomic mass is 127. The molecule has 1 atom stereocenters. The molecule has 130 valence electrons. The predicted molar refractivity (Wildman–Crippen MR) is 109 cm³/mol. The molecule has 0 bridgehead atoms. The minimum absolute atomic E-state index is 0.513. The molecule has 0 saturated heterocycles. The van der Waals surface area contributed by atoms with Crippen LogP contribution in [0.15, 0.2) is 59.6 Å². The Balaban J connectivity index is 1.91. The second-order valence-electron chi connectivity index (χ2n) is 5.46. The van der Waals surface area contributed by atoms with E-state index in [4.69, 9.17) is 16.1 Å². The zero-order valence-corrected chi connectivity index (χ0v) is 16.9. The first-order valence-electron chi connectivity index (χ1n) is 7.57. The van der Waals surface area contributed by atoms with Crippen LogP contribution in [0.3, 0.4) is 0 Å². The maximum Gasteiger partial charge on any atom is 0.173 e. The molecule has 0 saturated carbocycles. The van der Waals surface area contributed by atoms with Crippen molar-refractivity contribution in [3.8, 4) is 21.9 Å². The Morgan fingerprint density at radius 2 is 1.96 bits per heavy atom. The van der Waals surface area contributed by atoms with E-state index in [2.05, 4.69) is 37.7 Å². The van der Waals surface area contributed by atoms with E-state index in [1.54, 1.807) is 18.5 Å². The van der Waals surface area contributed by atoms with Crippen LogP contribution >= 0.6 is 45.5 Å². The van der Waals surface area contributed by atoms with E-state index >= 15 is 0 Å². The molecule has 0 aliphatic rings. The minimum Gasteiger partial charge on any atom is -0.383 e. The molecule has 8 heteroatoms. The van der Waals surface area contributed by atoms with Crippen LogP contribution in [-0.2, 0) is 0 Å². The molecule has 26 heavy (non-hydrogen) atoms. The summed E-state index contributed by atoms with van der Waals surface area (Å²) in [6, 6.07) is 11.5. The summed E-state index contributed by atoms with van der Waals surface area (Å²) in [5.41, 5.74) is 2.53. The number of benzene rings is 1. The maximum absolute atomic E-state index is 11.0. The lowest BCUT2D eigenvalue weighted by molar-refractivity contribution is 0.219. The molecule has 1 N–H and O–H groups in total. The number of rotatable bonds is 4. The summed E-state index contributed by atoms with van der Waals surface area (Å²) in [5.74, 6) is 0.513. The molecular formula is C18H11ClIN3O2S. The first kappa shape index (κ1) is 17.6. The molecule has 0 radical (unpaired) electrons. The summed E-state index contributed by atoms with van der Waals surface area (Å²) < 4.78 is 7.35. The van der Waals surface area contributed by atoms with Crippen molar-refractivity contribution in [2.75, 3.05) is 0 Å². The quantitative estimate of drug-likeness (QED) is 0.394. The lowest BCUT2D eigenvalue weighted by atomic mass is 9.98. The van der Waals surface area contributed by atoms with Crippen molar-refractivity contribution in [3.05, 3.63) is 74.2 Å². The molecule has 1 aromatic carbocycles. The topological polar surface area (TPSA) is 72.0 Å². The van der Waals surface area contributed by atoms with Crippen molar-refractivity contribution in [1.82, 2.24) is 15.1 Å². The Morgan fingerprint density at radius 3 is 2.65 bits per heavy atom. The van der Waals surface area contributed by atoms with Crippen molar-refractivity contribution in [2.24, 2.45) is 0 Å². The third-order valence-electron chi connectivity index (χ3n) is 3.79.